The Bertz CT molecular complexity index is 573. The fourth-order valence-corrected chi connectivity index (χ4v) is 3.05. The number of carbonyl (C=O) groups is 2. The first-order valence-corrected chi connectivity index (χ1v) is 7.56. The van der Waals surface area contributed by atoms with Crippen LogP contribution in [0, 0.1) is 11.8 Å². The molecule has 1 aromatic heterocycles. The third-order valence-corrected chi connectivity index (χ3v) is 4.42. The molecule has 1 N–H and O–H groups in total. The molecule has 1 aliphatic carbocycles. The number of methoxy groups -OCH3 is 1. The van der Waals surface area contributed by atoms with Gasteiger partial charge in [0.25, 0.3) is 0 Å². The van der Waals surface area contributed by atoms with E-state index in [0.717, 1.165) is 16.7 Å². The highest BCUT2D eigenvalue weighted by molar-refractivity contribution is 7.09. The number of alkyl halides is 3. The van der Waals surface area contributed by atoms with E-state index in [0.29, 0.717) is 12.8 Å². The molecule has 1 aliphatic rings. The van der Waals surface area contributed by atoms with Gasteiger partial charge in [0.05, 0.1) is 25.0 Å². The Morgan fingerprint density at radius 2 is 2.18 bits per heavy atom. The number of esters is 1. The average Bonchev–Trinajstić information content (AvgIpc) is 3.10. The maximum atomic E-state index is 12.6. The standard InChI is InChI=1S/C13H15F3N2O3S/c1-3-8(11-18-9(5-22-11)13(14,15)16)17-10(19)6-4-7(6)12(20)21-2/h5-8H,3-4H2,1-2H3,(H,17,19)/t6-,7+,8-/m0/s1. The molecule has 2 rings (SSSR count). The number of nitrogens with zero attached hydrogens (tertiary/aromatic N) is 1. The molecule has 3 atom stereocenters. The summed E-state index contributed by atoms with van der Waals surface area (Å²) in [4.78, 5) is 26.9. The van der Waals surface area contributed by atoms with E-state index in [1.54, 1.807) is 6.92 Å². The number of nitrogens with one attached hydrogen (secondary N) is 1. The fourth-order valence-electron chi connectivity index (χ4n) is 2.09. The Balaban J connectivity index is 2.00. The van der Waals surface area contributed by atoms with Gasteiger partial charge in [-0.1, -0.05) is 6.92 Å². The van der Waals surface area contributed by atoms with Gasteiger partial charge in [-0.2, -0.15) is 13.2 Å². The van der Waals surface area contributed by atoms with E-state index in [1.807, 2.05) is 0 Å². The van der Waals surface area contributed by atoms with Crippen LogP contribution in [0.25, 0.3) is 0 Å². The predicted octanol–water partition coefficient (Wildman–Crippen LogP) is 2.54. The first kappa shape index (κ1) is 16.7. The van der Waals surface area contributed by atoms with Crippen LogP contribution in [-0.2, 0) is 20.5 Å². The van der Waals surface area contributed by atoms with Gasteiger partial charge in [-0.3, -0.25) is 9.59 Å². The summed E-state index contributed by atoms with van der Waals surface area (Å²) in [5, 5.41) is 3.79. The van der Waals surface area contributed by atoms with Crippen molar-refractivity contribution in [1.29, 1.82) is 0 Å². The molecule has 0 aliphatic heterocycles. The van der Waals surface area contributed by atoms with Gasteiger partial charge < -0.3 is 10.1 Å². The molecule has 0 aromatic carbocycles. The average molecular weight is 336 g/mol. The summed E-state index contributed by atoms with van der Waals surface area (Å²) in [6.07, 6.45) is -3.68. The molecule has 5 nitrogen and oxygen atoms in total. The number of thiazole rings is 1. The highest BCUT2D eigenvalue weighted by atomic mass is 32.1. The van der Waals surface area contributed by atoms with Gasteiger partial charge in [-0.05, 0) is 12.8 Å². The molecule has 0 unspecified atom stereocenters. The molecule has 1 fully saturated rings. The second kappa shape index (κ2) is 6.23. The molecule has 9 heteroatoms. The van der Waals surface area contributed by atoms with Crippen LogP contribution in [0.3, 0.4) is 0 Å². The largest absolute Gasteiger partial charge is 0.469 e. The van der Waals surface area contributed by atoms with Crippen LogP contribution in [0.5, 0.6) is 0 Å². The Morgan fingerprint density at radius 3 is 2.68 bits per heavy atom. The minimum atomic E-state index is -4.50. The van der Waals surface area contributed by atoms with E-state index in [4.69, 9.17) is 0 Å². The lowest BCUT2D eigenvalue weighted by Gasteiger charge is -2.14. The number of halogens is 3. The molecule has 122 valence electrons. The molecule has 0 saturated heterocycles. The molecule has 22 heavy (non-hydrogen) atoms. The molecule has 0 bridgehead atoms. The first-order chi connectivity index (χ1) is 10.3. The Hall–Kier alpha value is -1.64. The summed E-state index contributed by atoms with van der Waals surface area (Å²) >= 11 is 0.857. The number of hydrogen-bond acceptors (Lipinski definition) is 5. The van der Waals surface area contributed by atoms with Crippen LogP contribution in [0.2, 0.25) is 0 Å². The van der Waals surface area contributed by atoms with E-state index >= 15 is 0 Å². The van der Waals surface area contributed by atoms with Crippen molar-refractivity contribution in [2.24, 2.45) is 11.8 Å². The summed E-state index contributed by atoms with van der Waals surface area (Å²) in [6.45, 7) is 1.74. The zero-order valence-corrected chi connectivity index (χ0v) is 12.8. The van der Waals surface area contributed by atoms with Crippen molar-refractivity contribution in [2.75, 3.05) is 7.11 Å². The van der Waals surface area contributed by atoms with Crippen molar-refractivity contribution < 1.29 is 27.5 Å². The van der Waals surface area contributed by atoms with Crippen LogP contribution < -0.4 is 5.32 Å². The maximum absolute atomic E-state index is 12.6. The number of hydrogen-bond donors (Lipinski definition) is 1. The quantitative estimate of drug-likeness (QED) is 0.839. The zero-order chi connectivity index (χ0) is 16.5. The van der Waals surface area contributed by atoms with E-state index in [-0.39, 0.29) is 10.9 Å². The fraction of sp³-hybridized carbons (Fsp3) is 0.615. The Labute approximate surface area is 128 Å². The van der Waals surface area contributed by atoms with Crippen LogP contribution in [-0.4, -0.2) is 24.0 Å². The Kier molecular flexibility index (Phi) is 4.74. The zero-order valence-electron chi connectivity index (χ0n) is 11.9. The predicted molar refractivity (Wildman–Crippen MR) is 71.9 cm³/mol. The molecule has 1 heterocycles. The van der Waals surface area contributed by atoms with Gasteiger partial charge in [0.1, 0.15) is 5.01 Å². The van der Waals surface area contributed by atoms with Crippen LogP contribution in [0.1, 0.15) is 36.5 Å². The van der Waals surface area contributed by atoms with Gasteiger partial charge in [0.15, 0.2) is 5.69 Å². The maximum Gasteiger partial charge on any atom is 0.434 e. The minimum absolute atomic E-state index is 0.207. The molecular weight excluding hydrogens is 321 g/mol. The molecule has 1 aromatic rings. The van der Waals surface area contributed by atoms with Crippen LogP contribution in [0.15, 0.2) is 5.38 Å². The molecule has 1 saturated carbocycles. The monoisotopic (exact) mass is 336 g/mol. The van der Waals surface area contributed by atoms with Crippen molar-refractivity contribution in [3.63, 3.8) is 0 Å². The molecule has 0 radical (unpaired) electrons. The second-order valence-electron chi connectivity index (χ2n) is 5.01. The van der Waals surface area contributed by atoms with Crippen molar-refractivity contribution >= 4 is 23.2 Å². The van der Waals surface area contributed by atoms with Crippen LogP contribution in [0.4, 0.5) is 13.2 Å². The van der Waals surface area contributed by atoms with Gasteiger partial charge in [0.2, 0.25) is 5.91 Å². The second-order valence-corrected chi connectivity index (χ2v) is 5.90. The summed E-state index contributed by atoms with van der Waals surface area (Å²) in [6, 6.07) is -0.590. The smallest absolute Gasteiger partial charge is 0.434 e. The van der Waals surface area contributed by atoms with Gasteiger partial charge >= 0.3 is 12.1 Å². The Morgan fingerprint density at radius 1 is 1.50 bits per heavy atom. The van der Waals surface area contributed by atoms with E-state index in [9.17, 15) is 22.8 Å². The summed E-state index contributed by atoms with van der Waals surface area (Å²) in [5.74, 6) is -1.72. The number of rotatable bonds is 5. The van der Waals surface area contributed by atoms with Gasteiger partial charge in [0, 0.05) is 5.38 Å². The summed E-state index contributed by atoms with van der Waals surface area (Å²) in [5.41, 5.74) is -0.959. The lowest BCUT2D eigenvalue weighted by molar-refractivity contribution is -0.143. The third kappa shape index (κ3) is 3.57. The topological polar surface area (TPSA) is 68.3 Å². The number of amides is 1. The van der Waals surface area contributed by atoms with E-state index in [2.05, 4.69) is 15.0 Å². The van der Waals surface area contributed by atoms with E-state index < -0.39 is 35.7 Å². The van der Waals surface area contributed by atoms with Crippen LogP contribution >= 0.6 is 11.3 Å². The lowest BCUT2D eigenvalue weighted by Crippen LogP contribution is -2.30. The number of ether oxygens (including phenoxy) is 1. The summed E-state index contributed by atoms with van der Waals surface area (Å²) < 4.78 is 42.2. The van der Waals surface area contributed by atoms with Crippen molar-refractivity contribution in [2.45, 2.75) is 32.0 Å². The molecular formula is C13H15F3N2O3S. The lowest BCUT2D eigenvalue weighted by atomic mass is 10.2. The highest BCUT2D eigenvalue weighted by Crippen LogP contribution is 2.40. The van der Waals surface area contributed by atoms with Gasteiger partial charge in [-0.25, -0.2) is 4.98 Å². The third-order valence-electron chi connectivity index (χ3n) is 3.47. The minimum Gasteiger partial charge on any atom is -0.469 e. The normalized spacial score (nSPS) is 22.0. The van der Waals surface area contributed by atoms with E-state index in [1.165, 1.54) is 7.11 Å². The number of aromatic nitrogens is 1. The van der Waals surface area contributed by atoms with Crippen molar-refractivity contribution in [3.8, 4) is 0 Å². The van der Waals surface area contributed by atoms with Crippen molar-refractivity contribution in [1.82, 2.24) is 10.3 Å². The number of carbonyl (C=O) groups excluding carboxylic acids is 2. The molecule has 1 amide bonds. The van der Waals surface area contributed by atoms with Gasteiger partial charge in [-0.15, -0.1) is 11.3 Å². The highest BCUT2D eigenvalue weighted by Gasteiger charge is 2.49. The summed E-state index contributed by atoms with van der Waals surface area (Å²) in [7, 11) is 1.25. The first-order valence-electron chi connectivity index (χ1n) is 6.68. The SMILES string of the molecule is CC[C@H](NC(=O)[C@H]1C[C@H]1C(=O)OC)c1nc(C(F)(F)F)cs1. The molecule has 0 spiro atoms. The van der Waals surface area contributed by atoms with Crippen molar-refractivity contribution in [3.05, 3.63) is 16.1 Å².